The van der Waals surface area contributed by atoms with E-state index in [9.17, 15) is 13.2 Å². The number of benzene rings is 1. The number of sulfonamides is 1. The molecule has 1 aromatic carbocycles. The largest absolute Gasteiger partial charge is 0.382 e. The first-order valence-electron chi connectivity index (χ1n) is 9.85. The number of hydrogen-bond donors (Lipinski definition) is 3. The number of carbonyl (C=O) groups excluding carboxylic acids is 1. The van der Waals surface area contributed by atoms with E-state index in [1.807, 2.05) is 19.0 Å². The quantitative estimate of drug-likeness (QED) is 0.386. The molecule has 2 aromatic heterocycles. The number of anilines is 2. The Morgan fingerprint density at radius 2 is 1.85 bits per heavy atom. The van der Waals surface area contributed by atoms with Crippen molar-refractivity contribution < 1.29 is 13.2 Å². The Morgan fingerprint density at radius 1 is 1.12 bits per heavy atom. The molecule has 3 rings (SSSR count). The van der Waals surface area contributed by atoms with Gasteiger partial charge in [-0.25, -0.2) is 23.1 Å². The zero-order chi connectivity index (χ0) is 23.1. The molecular weight excluding hydrogens is 466 g/mol. The lowest BCUT2D eigenvalue weighted by molar-refractivity contribution is 0.102. The molecule has 0 aliphatic heterocycles. The van der Waals surface area contributed by atoms with Crippen molar-refractivity contribution in [2.75, 3.05) is 38.2 Å². The Morgan fingerprint density at radius 3 is 2.48 bits per heavy atom. The molecule has 176 valence electrons. The third-order valence-electron chi connectivity index (χ3n) is 4.47. The van der Waals surface area contributed by atoms with Crippen molar-refractivity contribution in [3.63, 3.8) is 0 Å². The highest BCUT2D eigenvalue weighted by Crippen LogP contribution is 2.21. The topological polar surface area (TPSA) is 143 Å². The number of nitrogens with two attached hydrogens (primary N) is 1. The number of amides is 1. The molecule has 0 bridgehead atoms. The van der Waals surface area contributed by atoms with Crippen LogP contribution in [-0.2, 0) is 10.0 Å². The molecule has 0 saturated carbocycles. The van der Waals surface area contributed by atoms with Crippen LogP contribution in [0, 0.1) is 0 Å². The lowest BCUT2D eigenvalue weighted by atomic mass is 10.1. The zero-order valence-electron chi connectivity index (χ0n) is 18.2. The zero-order valence-corrected chi connectivity index (χ0v) is 19.9. The summed E-state index contributed by atoms with van der Waals surface area (Å²) in [5.74, 6) is -0.540. The summed E-state index contributed by atoms with van der Waals surface area (Å²) >= 11 is 0. The van der Waals surface area contributed by atoms with Gasteiger partial charge in [0.25, 0.3) is 5.91 Å². The maximum absolute atomic E-state index is 12.6. The smallest absolute Gasteiger partial charge is 0.278 e. The van der Waals surface area contributed by atoms with Gasteiger partial charge in [0, 0.05) is 18.3 Å². The standard InChI is InChI=1S/C21H25N7O3S.ClH/c1-28(2)12-4-11-25-32(30,31)17-8-6-15(7-9-17)18-14-24-20(22)19(27-18)21(29)26-16-5-3-10-23-13-16;/h3,5-10,13-14,25H,4,11-12H2,1-2H3,(H2,22,24)(H,26,29);1H. The van der Waals surface area contributed by atoms with Crippen LogP contribution >= 0.6 is 12.4 Å². The molecule has 0 unspecified atom stereocenters. The molecule has 2 heterocycles. The molecule has 1 amide bonds. The van der Waals surface area contributed by atoms with E-state index < -0.39 is 15.9 Å². The van der Waals surface area contributed by atoms with E-state index in [0.717, 1.165) is 6.54 Å². The van der Waals surface area contributed by atoms with Crippen LogP contribution in [0.4, 0.5) is 11.5 Å². The molecule has 33 heavy (non-hydrogen) atoms. The molecular formula is C21H26ClN7O3S. The van der Waals surface area contributed by atoms with Crippen molar-refractivity contribution in [2.45, 2.75) is 11.3 Å². The third-order valence-corrected chi connectivity index (χ3v) is 5.95. The van der Waals surface area contributed by atoms with Gasteiger partial charge in [0.15, 0.2) is 11.5 Å². The predicted molar refractivity (Wildman–Crippen MR) is 130 cm³/mol. The van der Waals surface area contributed by atoms with Crippen LogP contribution < -0.4 is 15.8 Å². The van der Waals surface area contributed by atoms with E-state index >= 15 is 0 Å². The number of carbonyl (C=O) groups is 1. The number of nitrogens with one attached hydrogen (secondary N) is 2. The molecule has 0 aliphatic rings. The molecule has 0 radical (unpaired) electrons. The SMILES string of the molecule is CN(C)CCCNS(=O)(=O)c1ccc(-c2cnc(N)c(C(=O)Nc3cccnc3)n2)cc1.Cl. The van der Waals surface area contributed by atoms with Gasteiger partial charge < -0.3 is 16.0 Å². The maximum atomic E-state index is 12.6. The van der Waals surface area contributed by atoms with Crippen LogP contribution in [0.25, 0.3) is 11.3 Å². The van der Waals surface area contributed by atoms with Crippen molar-refractivity contribution in [3.8, 4) is 11.3 Å². The monoisotopic (exact) mass is 491 g/mol. The van der Waals surface area contributed by atoms with Gasteiger partial charge in [-0.2, -0.15) is 0 Å². The summed E-state index contributed by atoms with van der Waals surface area (Å²) in [5, 5.41) is 2.66. The molecule has 12 heteroatoms. The number of aromatic nitrogens is 3. The minimum Gasteiger partial charge on any atom is -0.382 e. The van der Waals surface area contributed by atoms with Crippen molar-refractivity contribution in [2.24, 2.45) is 0 Å². The highest BCUT2D eigenvalue weighted by Gasteiger charge is 2.17. The molecule has 0 spiro atoms. The number of rotatable bonds is 9. The van der Waals surface area contributed by atoms with Crippen LogP contribution in [0.2, 0.25) is 0 Å². The van der Waals surface area contributed by atoms with E-state index in [1.165, 1.54) is 24.5 Å². The van der Waals surface area contributed by atoms with Gasteiger partial charge in [0.1, 0.15) is 0 Å². The van der Waals surface area contributed by atoms with Crippen molar-refractivity contribution in [1.29, 1.82) is 0 Å². The summed E-state index contributed by atoms with van der Waals surface area (Å²) < 4.78 is 27.5. The van der Waals surface area contributed by atoms with Gasteiger partial charge in [-0.3, -0.25) is 9.78 Å². The van der Waals surface area contributed by atoms with Gasteiger partial charge in [0.05, 0.1) is 28.7 Å². The normalized spacial score (nSPS) is 11.1. The Kier molecular flexibility index (Phi) is 9.23. The van der Waals surface area contributed by atoms with Gasteiger partial charge in [-0.15, -0.1) is 12.4 Å². The average molecular weight is 492 g/mol. The summed E-state index contributed by atoms with van der Waals surface area (Å²) in [7, 11) is 0.249. The number of nitrogens with zero attached hydrogens (tertiary/aromatic N) is 4. The highest BCUT2D eigenvalue weighted by atomic mass is 35.5. The second kappa shape index (κ2) is 11.7. The molecule has 4 N–H and O–H groups in total. The summed E-state index contributed by atoms with van der Waals surface area (Å²) in [4.78, 5) is 27.0. The summed E-state index contributed by atoms with van der Waals surface area (Å²) in [6.45, 7) is 1.13. The second-order valence-corrected chi connectivity index (χ2v) is 9.03. The van der Waals surface area contributed by atoms with Crippen LogP contribution in [0.15, 0.2) is 59.9 Å². The van der Waals surface area contributed by atoms with E-state index in [1.54, 1.807) is 30.5 Å². The Labute approximate surface area is 199 Å². The van der Waals surface area contributed by atoms with E-state index in [0.29, 0.717) is 29.9 Å². The Balaban J connectivity index is 0.00000385. The fraction of sp³-hybridized carbons (Fsp3) is 0.238. The van der Waals surface area contributed by atoms with Gasteiger partial charge in [-0.05, 0) is 51.3 Å². The lowest BCUT2D eigenvalue weighted by Crippen LogP contribution is -2.27. The third kappa shape index (κ3) is 7.19. The molecule has 0 fully saturated rings. The van der Waals surface area contributed by atoms with Gasteiger partial charge in [0.2, 0.25) is 10.0 Å². The summed E-state index contributed by atoms with van der Waals surface area (Å²) in [6, 6.07) is 9.56. The van der Waals surface area contributed by atoms with Crippen molar-refractivity contribution in [1.82, 2.24) is 24.6 Å². The maximum Gasteiger partial charge on any atom is 0.278 e. The molecule has 0 saturated heterocycles. The van der Waals surface area contributed by atoms with Crippen LogP contribution in [0.1, 0.15) is 16.9 Å². The highest BCUT2D eigenvalue weighted by molar-refractivity contribution is 7.89. The minimum atomic E-state index is -3.61. The molecule has 0 aliphatic carbocycles. The van der Waals surface area contributed by atoms with Crippen LogP contribution in [0.3, 0.4) is 0 Å². The number of pyridine rings is 1. The molecule has 10 nitrogen and oxygen atoms in total. The summed E-state index contributed by atoms with van der Waals surface area (Å²) in [5.41, 5.74) is 7.28. The number of halogens is 1. The van der Waals surface area contributed by atoms with Crippen LogP contribution in [-0.4, -0.2) is 61.4 Å². The fourth-order valence-electron chi connectivity index (χ4n) is 2.82. The van der Waals surface area contributed by atoms with E-state index in [-0.39, 0.29) is 28.8 Å². The first-order chi connectivity index (χ1) is 15.3. The summed E-state index contributed by atoms with van der Waals surface area (Å²) in [6.07, 6.45) is 5.22. The predicted octanol–water partition coefficient (Wildman–Crippen LogP) is 2.02. The molecule has 3 aromatic rings. The van der Waals surface area contributed by atoms with Crippen molar-refractivity contribution >= 4 is 39.8 Å². The average Bonchev–Trinajstić information content (AvgIpc) is 2.78. The minimum absolute atomic E-state index is 0. The first kappa shape index (κ1) is 26.1. The van der Waals surface area contributed by atoms with Gasteiger partial charge in [-0.1, -0.05) is 12.1 Å². The second-order valence-electron chi connectivity index (χ2n) is 7.26. The number of nitrogen functional groups attached to an aromatic ring is 1. The van der Waals surface area contributed by atoms with E-state index in [2.05, 4.69) is 25.0 Å². The fourth-order valence-corrected chi connectivity index (χ4v) is 3.90. The van der Waals surface area contributed by atoms with E-state index in [4.69, 9.17) is 5.73 Å². The van der Waals surface area contributed by atoms with Crippen LogP contribution in [0.5, 0.6) is 0 Å². The lowest BCUT2D eigenvalue weighted by Gasteiger charge is -2.11. The first-order valence-corrected chi connectivity index (χ1v) is 11.3. The molecule has 0 atom stereocenters. The Hall–Kier alpha value is -3.12. The number of hydrogen-bond acceptors (Lipinski definition) is 8. The van der Waals surface area contributed by atoms with Gasteiger partial charge >= 0.3 is 0 Å². The van der Waals surface area contributed by atoms with Crippen molar-refractivity contribution in [3.05, 3.63) is 60.7 Å². The Bertz CT molecular complexity index is 1170.